The van der Waals surface area contributed by atoms with Gasteiger partial charge in [0.05, 0.1) is 23.8 Å². The molecule has 0 unspecified atom stereocenters. The lowest BCUT2D eigenvalue weighted by Crippen LogP contribution is -2.43. The molecule has 2 aliphatic heterocycles. The fourth-order valence-electron chi connectivity index (χ4n) is 3.42. The fraction of sp³-hybridized carbons (Fsp3) is 0.350. The van der Waals surface area contributed by atoms with Crippen LogP contribution >= 0.6 is 11.3 Å². The van der Waals surface area contributed by atoms with Gasteiger partial charge in [0.15, 0.2) is 0 Å². The molecule has 1 aromatic carbocycles. The predicted molar refractivity (Wildman–Crippen MR) is 109 cm³/mol. The van der Waals surface area contributed by atoms with Gasteiger partial charge in [0.2, 0.25) is 11.8 Å². The smallest absolute Gasteiger partial charge is 0.311 e. The monoisotopic (exact) mass is 399 g/mol. The van der Waals surface area contributed by atoms with Gasteiger partial charge < -0.3 is 14.7 Å². The fourth-order valence-corrected chi connectivity index (χ4v) is 4.25. The highest BCUT2D eigenvalue weighted by atomic mass is 32.1. The lowest BCUT2D eigenvalue weighted by atomic mass is 10.0. The summed E-state index contributed by atoms with van der Waals surface area (Å²) in [4.78, 5) is 31.0. The van der Waals surface area contributed by atoms with Gasteiger partial charge in [0.1, 0.15) is 6.54 Å². The molecular formula is C20H21N3O4S. The average molecular weight is 399 g/mol. The summed E-state index contributed by atoms with van der Waals surface area (Å²) in [6, 6.07) is 6.00. The second-order valence-corrected chi connectivity index (χ2v) is 7.65. The average Bonchev–Trinajstić information content (AvgIpc) is 3.25. The predicted octanol–water partition coefficient (Wildman–Crippen LogP) is 2.29. The molecule has 1 N–H and O–H groups in total. The number of allylic oxidation sites excluding steroid dienone is 1. The number of aryl methyl sites for hydroxylation is 1. The van der Waals surface area contributed by atoms with E-state index in [-0.39, 0.29) is 23.2 Å². The van der Waals surface area contributed by atoms with E-state index in [9.17, 15) is 14.7 Å². The number of amides is 1. The Kier molecular flexibility index (Phi) is 5.15. The standard InChI is InChI=1S/C20H21N3O4S/c1-2-13-4-3-5-15-14(11-21-18(13)15)10-16-19(25)23(20(26)28-16)12-17(24)22-6-8-27-9-7-22/h3-5,10-11,25H,2,6-9,12H2,1H3/b14-10+. The van der Waals surface area contributed by atoms with Gasteiger partial charge in [-0.15, -0.1) is 0 Å². The van der Waals surface area contributed by atoms with Crippen LogP contribution in [0.3, 0.4) is 0 Å². The molecule has 7 nitrogen and oxygen atoms in total. The highest BCUT2D eigenvalue weighted by Gasteiger charge is 2.22. The summed E-state index contributed by atoms with van der Waals surface area (Å²) in [7, 11) is 0. The summed E-state index contributed by atoms with van der Waals surface area (Å²) < 4.78 is 6.37. The van der Waals surface area contributed by atoms with Gasteiger partial charge in [0, 0.05) is 30.4 Å². The van der Waals surface area contributed by atoms with E-state index in [1.54, 1.807) is 17.2 Å². The summed E-state index contributed by atoms with van der Waals surface area (Å²) >= 11 is 0.925. The van der Waals surface area contributed by atoms with E-state index in [4.69, 9.17) is 4.74 Å². The maximum absolute atomic E-state index is 12.4. The summed E-state index contributed by atoms with van der Waals surface area (Å²) in [5, 5.41) is 10.6. The molecule has 4 rings (SSSR count). The Balaban J connectivity index is 1.61. The van der Waals surface area contributed by atoms with E-state index in [1.165, 1.54) is 0 Å². The third-order valence-corrected chi connectivity index (χ3v) is 5.90. The van der Waals surface area contributed by atoms with Gasteiger partial charge in [-0.1, -0.05) is 36.5 Å². The summed E-state index contributed by atoms with van der Waals surface area (Å²) in [5.41, 5.74) is 3.91. The normalized spacial score (nSPS) is 17.3. The van der Waals surface area contributed by atoms with E-state index < -0.39 is 0 Å². The molecule has 8 heteroatoms. The molecule has 0 aliphatic carbocycles. The van der Waals surface area contributed by atoms with Gasteiger partial charge in [-0.2, -0.15) is 0 Å². The van der Waals surface area contributed by atoms with Crippen LogP contribution in [0.1, 0.15) is 22.9 Å². The third-order valence-electron chi connectivity index (χ3n) is 4.98. The number of carbonyl (C=O) groups is 1. The molecule has 0 radical (unpaired) electrons. The van der Waals surface area contributed by atoms with E-state index in [0.717, 1.165) is 44.7 Å². The van der Waals surface area contributed by atoms with Crippen molar-refractivity contribution in [2.75, 3.05) is 26.3 Å². The largest absolute Gasteiger partial charge is 0.493 e. The summed E-state index contributed by atoms with van der Waals surface area (Å²) in [6.07, 6.45) is 4.38. The first-order chi connectivity index (χ1) is 13.6. The number of morpholine rings is 1. The van der Waals surface area contributed by atoms with Crippen LogP contribution in [-0.2, 0) is 22.5 Å². The maximum atomic E-state index is 12.4. The van der Waals surface area contributed by atoms with Crippen LogP contribution < -0.4 is 4.87 Å². The molecule has 2 aliphatic rings. The minimum atomic E-state index is -0.358. The number of aromatic nitrogens is 1. The molecule has 1 saturated heterocycles. The van der Waals surface area contributed by atoms with E-state index in [2.05, 4.69) is 11.9 Å². The second-order valence-electron chi connectivity index (χ2n) is 6.66. The molecule has 0 atom stereocenters. The molecule has 146 valence electrons. The Morgan fingerprint density at radius 2 is 2.14 bits per heavy atom. The SMILES string of the molecule is CCc1cccc2c1N=C/C2=C\c1sc(=O)n(CC(=O)N2CCOCC2)c1O. The van der Waals surface area contributed by atoms with Crippen molar-refractivity contribution >= 4 is 40.8 Å². The molecule has 0 bridgehead atoms. The number of nitrogens with zero attached hydrogens (tertiary/aromatic N) is 3. The first-order valence-electron chi connectivity index (χ1n) is 9.24. The van der Waals surface area contributed by atoms with Gasteiger partial charge in [0.25, 0.3) is 0 Å². The van der Waals surface area contributed by atoms with E-state index in [0.29, 0.717) is 31.2 Å². The Morgan fingerprint density at radius 3 is 2.89 bits per heavy atom. The van der Waals surface area contributed by atoms with Crippen LogP contribution in [0.15, 0.2) is 28.0 Å². The van der Waals surface area contributed by atoms with Crippen LogP contribution in [0.4, 0.5) is 5.69 Å². The summed E-state index contributed by atoms with van der Waals surface area (Å²) in [6.45, 7) is 3.90. The first-order valence-corrected chi connectivity index (χ1v) is 10.1. The molecule has 2 aromatic rings. The number of carbonyl (C=O) groups excluding carboxylic acids is 1. The lowest BCUT2D eigenvalue weighted by Gasteiger charge is -2.26. The Labute approximate surface area is 166 Å². The number of aliphatic imine (C=N–C) groups is 1. The zero-order chi connectivity index (χ0) is 19.7. The second kappa shape index (κ2) is 7.73. The minimum absolute atomic E-state index is 0.172. The van der Waals surface area contributed by atoms with Crippen molar-refractivity contribution < 1.29 is 14.6 Å². The molecule has 1 aromatic heterocycles. The van der Waals surface area contributed by atoms with E-state index >= 15 is 0 Å². The minimum Gasteiger partial charge on any atom is -0.493 e. The van der Waals surface area contributed by atoms with Crippen LogP contribution in [0.2, 0.25) is 0 Å². The number of aromatic hydroxyl groups is 1. The number of ether oxygens (including phenoxy) is 1. The lowest BCUT2D eigenvalue weighted by molar-refractivity contribution is -0.136. The molecule has 0 spiro atoms. The number of fused-ring (bicyclic) bond motifs is 1. The van der Waals surface area contributed by atoms with E-state index in [1.807, 2.05) is 18.2 Å². The van der Waals surface area contributed by atoms with Crippen LogP contribution in [0.5, 0.6) is 5.88 Å². The van der Waals surface area contributed by atoms with Crippen molar-refractivity contribution in [1.29, 1.82) is 0 Å². The Hall–Kier alpha value is -2.71. The number of para-hydroxylation sites is 1. The van der Waals surface area contributed by atoms with Crippen molar-refractivity contribution in [3.63, 3.8) is 0 Å². The Morgan fingerprint density at radius 1 is 1.36 bits per heavy atom. The quantitative estimate of drug-likeness (QED) is 0.855. The van der Waals surface area contributed by atoms with Crippen molar-refractivity contribution in [1.82, 2.24) is 9.47 Å². The number of thiazole rings is 1. The molecule has 3 heterocycles. The van der Waals surface area contributed by atoms with Crippen LogP contribution in [0.25, 0.3) is 11.6 Å². The number of rotatable bonds is 4. The maximum Gasteiger partial charge on any atom is 0.311 e. The number of hydrogen-bond acceptors (Lipinski definition) is 6. The third kappa shape index (κ3) is 3.41. The first kappa shape index (κ1) is 18.6. The number of benzene rings is 1. The zero-order valence-electron chi connectivity index (χ0n) is 15.6. The highest BCUT2D eigenvalue weighted by Crippen LogP contribution is 2.37. The van der Waals surface area contributed by atoms with Gasteiger partial charge in [-0.05, 0) is 18.1 Å². The van der Waals surface area contributed by atoms with Crippen molar-refractivity contribution in [3.8, 4) is 5.88 Å². The van der Waals surface area contributed by atoms with Crippen LogP contribution in [-0.4, -0.2) is 53.0 Å². The van der Waals surface area contributed by atoms with Crippen molar-refractivity contribution in [3.05, 3.63) is 43.9 Å². The molecular weight excluding hydrogens is 378 g/mol. The molecule has 28 heavy (non-hydrogen) atoms. The van der Waals surface area contributed by atoms with Gasteiger partial charge in [-0.25, -0.2) is 0 Å². The highest BCUT2D eigenvalue weighted by molar-refractivity contribution is 7.10. The van der Waals surface area contributed by atoms with Crippen molar-refractivity contribution in [2.24, 2.45) is 4.99 Å². The zero-order valence-corrected chi connectivity index (χ0v) is 16.4. The molecule has 0 saturated carbocycles. The molecule has 1 fully saturated rings. The Bertz CT molecular complexity index is 1030. The van der Waals surface area contributed by atoms with Crippen molar-refractivity contribution in [2.45, 2.75) is 19.9 Å². The number of hydrogen-bond donors (Lipinski definition) is 1. The van der Waals surface area contributed by atoms with Crippen LogP contribution in [0, 0.1) is 0 Å². The van der Waals surface area contributed by atoms with Gasteiger partial charge >= 0.3 is 4.87 Å². The van der Waals surface area contributed by atoms with Gasteiger partial charge in [-0.3, -0.25) is 19.1 Å². The topological polar surface area (TPSA) is 84.1 Å². The summed E-state index contributed by atoms with van der Waals surface area (Å²) in [5.74, 6) is -0.379. The molecule has 1 amide bonds.